The first-order valence-electron chi connectivity index (χ1n) is 5.26. The summed E-state index contributed by atoms with van der Waals surface area (Å²) in [5, 5.41) is 10.1. The van der Waals surface area contributed by atoms with Crippen LogP contribution in [0.1, 0.15) is 11.1 Å². The Morgan fingerprint density at radius 2 is 1.83 bits per heavy atom. The fourth-order valence-electron chi connectivity index (χ4n) is 1.45. The largest absolute Gasteiger partial charge is 0.192 e. The second kappa shape index (κ2) is 6.15. The molecule has 1 nitrogen and oxygen atoms in total. The topological polar surface area (TPSA) is 23.8 Å². The van der Waals surface area contributed by atoms with E-state index < -0.39 is 0 Å². The number of thioether (sulfide) groups is 1. The standard InChI is InChI=1S/C14H9Cl2NS/c15-13-4-2-1-3-11(13)9-18-12-6-5-10(8-17)14(16)7-12/h1-7H,9H2. The Balaban J connectivity index is 2.10. The van der Waals surface area contributed by atoms with E-state index in [1.165, 1.54) is 0 Å². The molecule has 2 rings (SSSR count). The molecule has 0 aliphatic heterocycles. The van der Waals surface area contributed by atoms with Crippen LogP contribution in [0.15, 0.2) is 47.4 Å². The number of halogens is 2. The van der Waals surface area contributed by atoms with Crippen LogP contribution in [0, 0.1) is 11.3 Å². The van der Waals surface area contributed by atoms with E-state index in [-0.39, 0.29) is 0 Å². The third kappa shape index (κ3) is 3.20. The molecule has 0 aliphatic carbocycles. The maximum absolute atomic E-state index is 8.79. The van der Waals surface area contributed by atoms with Crippen molar-refractivity contribution in [3.8, 4) is 6.07 Å². The van der Waals surface area contributed by atoms with E-state index in [1.807, 2.05) is 42.5 Å². The number of rotatable bonds is 3. The normalized spacial score (nSPS) is 10.1. The van der Waals surface area contributed by atoms with Crippen LogP contribution < -0.4 is 0 Å². The van der Waals surface area contributed by atoms with Crippen LogP contribution in [0.25, 0.3) is 0 Å². The minimum absolute atomic E-state index is 0.488. The van der Waals surface area contributed by atoms with Gasteiger partial charge < -0.3 is 0 Å². The SMILES string of the molecule is N#Cc1ccc(SCc2ccccc2Cl)cc1Cl. The highest BCUT2D eigenvalue weighted by Gasteiger charge is 2.03. The maximum atomic E-state index is 8.79. The van der Waals surface area contributed by atoms with Crippen molar-refractivity contribution in [3.05, 3.63) is 63.6 Å². The Bertz CT molecular complexity index is 605. The summed E-state index contributed by atoms with van der Waals surface area (Å²) in [7, 11) is 0. The van der Waals surface area contributed by atoms with E-state index in [1.54, 1.807) is 17.8 Å². The Labute approximate surface area is 120 Å². The predicted molar refractivity (Wildman–Crippen MR) is 77.2 cm³/mol. The van der Waals surface area contributed by atoms with Gasteiger partial charge in [0.15, 0.2) is 0 Å². The van der Waals surface area contributed by atoms with Crippen LogP contribution in [0.3, 0.4) is 0 Å². The summed E-state index contributed by atoms with van der Waals surface area (Å²) >= 11 is 13.7. The minimum atomic E-state index is 0.488. The average Bonchev–Trinajstić information content (AvgIpc) is 2.38. The van der Waals surface area contributed by atoms with E-state index in [2.05, 4.69) is 0 Å². The van der Waals surface area contributed by atoms with Gasteiger partial charge in [-0.25, -0.2) is 0 Å². The number of nitriles is 1. The van der Waals surface area contributed by atoms with E-state index in [4.69, 9.17) is 28.5 Å². The summed E-state index contributed by atoms with van der Waals surface area (Å²) < 4.78 is 0. The molecule has 0 amide bonds. The lowest BCUT2D eigenvalue weighted by molar-refractivity contribution is 1.37. The van der Waals surface area contributed by atoms with E-state index in [0.717, 1.165) is 21.2 Å². The number of hydrogen-bond acceptors (Lipinski definition) is 2. The van der Waals surface area contributed by atoms with Crippen LogP contribution in [0.2, 0.25) is 10.0 Å². The fourth-order valence-corrected chi connectivity index (χ4v) is 2.96. The smallest absolute Gasteiger partial charge is 0.101 e. The summed E-state index contributed by atoms with van der Waals surface area (Å²) in [4.78, 5) is 1.03. The van der Waals surface area contributed by atoms with Crippen molar-refractivity contribution < 1.29 is 0 Å². The van der Waals surface area contributed by atoms with Crippen molar-refractivity contribution in [3.63, 3.8) is 0 Å². The highest BCUT2D eigenvalue weighted by atomic mass is 35.5. The van der Waals surface area contributed by atoms with Crippen molar-refractivity contribution >= 4 is 35.0 Å². The second-order valence-corrected chi connectivity index (χ2v) is 5.50. The summed E-state index contributed by atoms with van der Waals surface area (Å²) in [6.07, 6.45) is 0. The molecule has 0 aromatic heterocycles. The van der Waals surface area contributed by atoms with Gasteiger partial charge in [-0.05, 0) is 29.8 Å². The summed E-state index contributed by atoms with van der Waals surface area (Å²) in [5.41, 5.74) is 1.59. The highest BCUT2D eigenvalue weighted by Crippen LogP contribution is 2.29. The Kier molecular flexibility index (Phi) is 4.54. The average molecular weight is 294 g/mol. The van der Waals surface area contributed by atoms with Crippen LogP contribution in [0.4, 0.5) is 0 Å². The molecule has 0 fully saturated rings. The van der Waals surface area contributed by atoms with Gasteiger partial charge in [-0.2, -0.15) is 5.26 Å². The molecule has 0 saturated heterocycles. The van der Waals surface area contributed by atoms with Gasteiger partial charge in [0.05, 0.1) is 10.6 Å². The molecule has 0 atom stereocenters. The van der Waals surface area contributed by atoms with Gasteiger partial charge in [-0.3, -0.25) is 0 Å². The first-order valence-corrected chi connectivity index (χ1v) is 7.00. The lowest BCUT2D eigenvalue weighted by Gasteiger charge is -2.05. The quantitative estimate of drug-likeness (QED) is 0.730. The molecule has 2 aromatic rings. The molecular formula is C14H9Cl2NS. The van der Waals surface area contributed by atoms with Crippen molar-refractivity contribution in [2.45, 2.75) is 10.6 Å². The zero-order valence-corrected chi connectivity index (χ0v) is 11.7. The molecule has 0 bridgehead atoms. The predicted octanol–water partition coefficient (Wildman–Crippen LogP) is 5.16. The van der Waals surface area contributed by atoms with Gasteiger partial charge in [0.2, 0.25) is 0 Å². The molecule has 2 aromatic carbocycles. The van der Waals surface area contributed by atoms with Gasteiger partial charge >= 0.3 is 0 Å². The molecule has 0 saturated carbocycles. The first-order chi connectivity index (χ1) is 8.70. The summed E-state index contributed by atoms with van der Waals surface area (Å²) in [6, 6.07) is 15.2. The molecule has 0 aliphatic rings. The molecule has 90 valence electrons. The molecular weight excluding hydrogens is 285 g/mol. The Morgan fingerprint density at radius 3 is 2.50 bits per heavy atom. The van der Waals surface area contributed by atoms with Gasteiger partial charge in [-0.1, -0.05) is 41.4 Å². The Hall–Kier alpha value is -1.14. The van der Waals surface area contributed by atoms with Crippen molar-refractivity contribution in [2.24, 2.45) is 0 Å². The lowest BCUT2D eigenvalue weighted by atomic mass is 10.2. The highest BCUT2D eigenvalue weighted by molar-refractivity contribution is 7.98. The van der Waals surface area contributed by atoms with Gasteiger partial charge in [0, 0.05) is 15.7 Å². The number of benzene rings is 2. The van der Waals surface area contributed by atoms with Crippen molar-refractivity contribution in [2.75, 3.05) is 0 Å². The van der Waals surface area contributed by atoms with Crippen LogP contribution in [0.5, 0.6) is 0 Å². The van der Waals surface area contributed by atoms with Crippen LogP contribution in [-0.2, 0) is 5.75 Å². The molecule has 0 radical (unpaired) electrons. The third-order valence-electron chi connectivity index (χ3n) is 2.41. The van der Waals surface area contributed by atoms with Gasteiger partial charge in [0.1, 0.15) is 6.07 Å². The molecule has 18 heavy (non-hydrogen) atoms. The zero-order valence-electron chi connectivity index (χ0n) is 9.36. The lowest BCUT2D eigenvalue weighted by Crippen LogP contribution is -1.83. The maximum Gasteiger partial charge on any atom is 0.101 e. The van der Waals surface area contributed by atoms with E-state index in [0.29, 0.717) is 10.6 Å². The Morgan fingerprint density at radius 1 is 1.06 bits per heavy atom. The summed E-state index contributed by atoms with van der Waals surface area (Å²) in [5.74, 6) is 0.780. The van der Waals surface area contributed by atoms with Crippen LogP contribution >= 0.6 is 35.0 Å². The zero-order chi connectivity index (χ0) is 13.0. The van der Waals surface area contributed by atoms with Gasteiger partial charge in [-0.15, -0.1) is 11.8 Å². The van der Waals surface area contributed by atoms with E-state index in [9.17, 15) is 0 Å². The van der Waals surface area contributed by atoms with E-state index >= 15 is 0 Å². The second-order valence-electron chi connectivity index (χ2n) is 3.63. The summed E-state index contributed by atoms with van der Waals surface area (Å²) in [6.45, 7) is 0. The molecule has 4 heteroatoms. The molecule has 0 unspecified atom stereocenters. The molecule has 0 N–H and O–H groups in total. The fraction of sp³-hybridized carbons (Fsp3) is 0.0714. The molecule has 0 spiro atoms. The third-order valence-corrected chi connectivity index (χ3v) is 4.14. The molecule has 0 heterocycles. The first kappa shape index (κ1) is 13.3. The number of hydrogen-bond donors (Lipinski definition) is 0. The monoisotopic (exact) mass is 293 g/mol. The minimum Gasteiger partial charge on any atom is -0.192 e. The van der Waals surface area contributed by atoms with Crippen molar-refractivity contribution in [1.29, 1.82) is 5.26 Å². The van der Waals surface area contributed by atoms with Gasteiger partial charge in [0.25, 0.3) is 0 Å². The number of nitrogens with zero attached hydrogens (tertiary/aromatic N) is 1. The van der Waals surface area contributed by atoms with Crippen molar-refractivity contribution in [1.82, 2.24) is 0 Å². The van der Waals surface area contributed by atoms with Crippen LogP contribution in [-0.4, -0.2) is 0 Å².